The number of carbonyl (C=O) groups excluding carboxylic acids is 1. The number of aryl methyl sites for hydroxylation is 1. The minimum Gasteiger partial charge on any atom is -0.337 e. The van der Waals surface area contributed by atoms with E-state index in [0.29, 0.717) is 30.3 Å². The second-order valence-corrected chi connectivity index (χ2v) is 7.41. The van der Waals surface area contributed by atoms with Gasteiger partial charge in [-0.25, -0.2) is 4.98 Å². The molecule has 134 valence electrons. The summed E-state index contributed by atoms with van der Waals surface area (Å²) in [5.74, 6) is 0.593. The first-order valence-corrected chi connectivity index (χ1v) is 9.42. The van der Waals surface area contributed by atoms with Crippen molar-refractivity contribution in [1.29, 1.82) is 0 Å². The molecule has 1 fully saturated rings. The van der Waals surface area contributed by atoms with Gasteiger partial charge in [0.2, 0.25) is 0 Å². The maximum atomic E-state index is 12.7. The summed E-state index contributed by atoms with van der Waals surface area (Å²) in [5, 5.41) is 6.16. The molecule has 1 atom stereocenters. The average Bonchev–Trinajstić information content (AvgIpc) is 3.32. The van der Waals surface area contributed by atoms with Gasteiger partial charge in [-0.15, -0.1) is 11.3 Å². The molecule has 4 heterocycles. The summed E-state index contributed by atoms with van der Waals surface area (Å²) < 4.78 is 1.62. The lowest BCUT2D eigenvalue weighted by Crippen LogP contribution is -2.40. The van der Waals surface area contributed by atoms with Gasteiger partial charge >= 0.3 is 0 Å². The maximum Gasteiger partial charge on any atom is 0.274 e. The average molecular weight is 369 g/mol. The van der Waals surface area contributed by atoms with E-state index in [1.807, 2.05) is 17.5 Å². The summed E-state index contributed by atoms with van der Waals surface area (Å²) in [5.41, 5.74) is 0.973. The molecule has 1 aliphatic rings. The first kappa shape index (κ1) is 16.7. The number of hydrogen-bond acceptors (Lipinski definition) is 5. The Hall–Kier alpha value is -2.74. The Labute approximate surface area is 154 Å². The lowest BCUT2D eigenvalue weighted by Gasteiger charge is -2.31. The third kappa shape index (κ3) is 3.32. The largest absolute Gasteiger partial charge is 0.337 e. The van der Waals surface area contributed by atoms with Crippen molar-refractivity contribution in [3.8, 4) is 10.6 Å². The molecule has 3 aromatic rings. The number of thiophene rings is 1. The quantitative estimate of drug-likeness (QED) is 0.767. The number of nitrogens with zero attached hydrogens (tertiary/aromatic N) is 4. The maximum absolute atomic E-state index is 12.7. The number of aromatic nitrogens is 4. The van der Waals surface area contributed by atoms with Crippen LogP contribution in [0.25, 0.3) is 10.6 Å². The molecule has 1 amide bonds. The highest BCUT2D eigenvalue weighted by molar-refractivity contribution is 7.13. The van der Waals surface area contributed by atoms with Crippen LogP contribution in [0.2, 0.25) is 0 Å². The predicted octanol–water partition coefficient (Wildman–Crippen LogP) is 2.25. The van der Waals surface area contributed by atoms with Crippen LogP contribution in [-0.2, 0) is 7.05 Å². The molecule has 1 aliphatic heterocycles. The second kappa shape index (κ2) is 6.87. The van der Waals surface area contributed by atoms with Crippen LogP contribution in [0, 0.1) is 0 Å². The van der Waals surface area contributed by atoms with E-state index in [1.54, 1.807) is 40.2 Å². The summed E-state index contributed by atoms with van der Waals surface area (Å²) in [4.78, 5) is 35.1. The van der Waals surface area contributed by atoms with E-state index in [2.05, 4.69) is 15.1 Å². The van der Waals surface area contributed by atoms with E-state index in [0.717, 1.165) is 17.7 Å². The molecule has 7 nitrogen and oxygen atoms in total. The molecule has 4 rings (SSSR count). The van der Waals surface area contributed by atoms with Gasteiger partial charge in [0.25, 0.3) is 11.5 Å². The number of nitrogens with one attached hydrogen (secondary N) is 1. The van der Waals surface area contributed by atoms with Gasteiger partial charge < -0.3 is 9.88 Å². The van der Waals surface area contributed by atoms with Crippen LogP contribution in [0.4, 0.5) is 0 Å². The molecule has 26 heavy (non-hydrogen) atoms. The molecule has 0 aliphatic carbocycles. The smallest absolute Gasteiger partial charge is 0.274 e. The Morgan fingerprint density at radius 1 is 1.38 bits per heavy atom. The first-order chi connectivity index (χ1) is 12.6. The molecular formula is C18H19N5O2S. The first-order valence-electron chi connectivity index (χ1n) is 8.54. The van der Waals surface area contributed by atoms with Crippen LogP contribution in [0.15, 0.2) is 40.6 Å². The van der Waals surface area contributed by atoms with Crippen LogP contribution in [-0.4, -0.2) is 43.6 Å². The topological polar surface area (TPSA) is 83.9 Å². The number of amides is 1. The zero-order chi connectivity index (χ0) is 18.1. The zero-order valence-electron chi connectivity index (χ0n) is 14.4. The molecule has 1 N–H and O–H groups in total. The normalized spacial score (nSPS) is 17.4. The Morgan fingerprint density at radius 3 is 3.00 bits per heavy atom. The van der Waals surface area contributed by atoms with Crippen molar-refractivity contribution >= 4 is 17.2 Å². The summed E-state index contributed by atoms with van der Waals surface area (Å²) >= 11 is 1.55. The Balaban J connectivity index is 1.58. The Kier molecular flexibility index (Phi) is 4.42. The van der Waals surface area contributed by atoms with E-state index >= 15 is 0 Å². The third-order valence-corrected chi connectivity index (χ3v) is 5.45. The zero-order valence-corrected chi connectivity index (χ0v) is 15.2. The van der Waals surface area contributed by atoms with E-state index in [-0.39, 0.29) is 17.4 Å². The van der Waals surface area contributed by atoms with Crippen molar-refractivity contribution < 1.29 is 4.79 Å². The lowest BCUT2D eigenvalue weighted by molar-refractivity contribution is 0.0697. The highest BCUT2D eigenvalue weighted by Gasteiger charge is 2.28. The highest BCUT2D eigenvalue weighted by atomic mass is 32.1. The molecule has 0 saturated carbocycles. The summed E-state index contributed by atoms with van der Waals surface area (Å²) in [6, 6.07) is 7.14. The molecular weight excluding hydrogens is 350 g/mol. The van der Waals surface area contributed by atoms with Gasteiger partial charge in [0.15, 0.2) is 0 Å². The van der Waals surface area contributed by atoms with Gasteiger partial charge in [0, 0.05) is 38.3 Å². The monoisotopic (exact) mass is 369 g/mol. The number of aromatic amines is 1. The van der Waals surface area contributed by atoms with Crippen LogP contribution in [0.5, 0.6) is 0 Å². The number of hydrogen-bond donors (Lipinski definition) is 1. The fraction of sp³-hybridized carbons (Fsp3) is 0.333. The number of H-pyrrole nitrogens is 1. The van der Waals surface area contributed by atoms with Gasteiger partial charge in [0.05, 0.1) is 10.6 Å². The molecule has 0 aromatic carbocycles. The third-order valence-electron chi connectivity index (χ3n) is 4.56. The SMILES string of the molecule is Cn1ccc(C(=O)N2CCCC(c3nc(-c4cccs4)cc(=O)[nH]3)C2)n1. The minimum atomic E-state index is -0.161. The van der Waals surface area contributed by atoms with Gasteiger partial charge in [-0.1, -0.05) is 6.07 Å². The number of likely N-dealkylation sites (tertiary alicyclic amines) is 1. The fourth-order valence-corrected chi connectivity index (χ4v) is 3.98. The van der Waals surface area contributed by atoms with Crippen molar-refractivity contribution in [3.05, 3.63) is 57.7 Å². The van der Waals surface area contributed by atoms with E-state index in [1.165, 1.54) is 6.07 Å². The van der Waals surface area contributed by atoms with Gasteiger partial charge in [0.1, 0.15) is 11.5 Å². The van der Waals surface area contributed by atoms with Gasteiger partial charge in [-0.05, 0) is 30.4 Å². The van der Waals surface area contributed by atoms with Crippen molar-refractivity contribution in [3.63, 3.8) is 0 Å². The van der Waals surface area contributed by atoms with Crippen LogP contribution in [0.1, 0.15) is 35.1 Å². The van der Waals surface area contributed by atoms with Crippen molar-refractivity contribution in [2.75, 3.05) is 13.1 Å². The van der Waals surface area contributed by atoms with Crippen molar-refractivity contribution in [2.24, 2.45) is 7.05 Å². The predicted molar refractivity (Wildman–Crippen MR) is 99.3 cm³/mol. The summed E-state index contributed by atoms with van der Waals surface area (Å²) in [7, 11) is 1.79. The van der Waals surface area contributed by atoms with Gasteiger partial charge in [-0.3, -0.25) is 14.3 Å². The molecule has 1 unspecified atom stereocenters. The summed E-state index contributed by atoms with van der Waals surface area (Å²) in [6.07, 6.45) is 3.53. The summed E-state index contributed by atoms with van der Waals surface area (Å²) in [6.45, 7) is 1.23. The standard InChI is InChI=1S/C18H19N5O2S/c1-22-8-6-13(21-22)18(25)23-7-2-4-12(11-23)17-19-14(10-16(24)20-17)15-5-3-9-26-15/h3,5-6,8-10,12H,2,4,7,11H2,1H3,(H,19,20,24). The molecule has 0 spiro atoms. The number of piperidine rings is 1. The van der Waals surface area contributed by atoms with Crippen LogP contribution in [0.3, 0.4) is 0 Å². The number of carbonyl (C=O) groups is 1. The molecule has 1 saturated heterocycles. The van der Waals surface area contributed by atoms with E-state index in [4.69, 9.17) is 0 Å². The highest BCUT2D eigenvalue weighted by Crippen LogP contribution is 2.27. The van der Waals surface area contributed by atoms with Crippen molar-refractivity contribution in [1.82, 2.24) is 24.6 Å². The van der Waals surface area contributed by atoms with Gasteiger partial charge in [-0.2, -0.15) is 5.10 Å². The van der Waals surface area contributed by atoms with Crippen LogP contribution < -0.4 is 5.56 Å². The van der Waals surface area contributed by atoms with Crippen LogP contribution >= 0.6 is 11.3 Å². The Bertz CT molecular complexity index is 976. The number of rotatable bonds is 3. The van der Waals surface area contributed by atoms with Crippen molar-refractivity contribution in [2.45, 2.75) is 18.8 Å². The van der Waals surface area contributed by atoms with E-state index in [9.17, 15) is 9.59 Å². The minimum absolute atomic E-state index is 0.0176. The Morgan fingerprint density at radius 2 is 2.27 bits per heavy atom. The molecule has 3 aromatic heterocycles. The molecule has 0 radical (unpaired) electrons. The molecule has 8 heteroatoms. The lowest BCUT2D eigenvalue weighted by atomic mass is 9.96. The molecule has 0 bridgehead atoms. The fourth-order valence-electron chi connectivity index (χ4n) is 3.30. The van der Waals surface area contributed by atoms with E-state index < -0.39 is 0 Å². The second-order valence-electron chi connectivity index (χ2n) is 6.46.